The first-order valence-corrected chi connectivity index (χ1v) is 8.67. The molecule has 5 heteroatoms. The van der Waals surface area contributed by atoms with Crippen molar-refractivity contribution in [1.82, 2.24) is 9.88 Å². The molecular formula is C19H23ClN2O2. The van der Waals surface area contributed by atoms with Gasteiger partial charge in [-0.3, -0.25) is 9.88 Å². The summed E-state index contributed by atoms with van der Waals surface area (Å²) in [6.45, 7) is 3.49. The highest BCUT2D eigenvalue weighted by atomic mass is 35.5. The van der Waals surface area contributed by atoms with Gasteiger partial charge in [-0.15, -0.1) is 0 Å². The average molecular weight is 347 g/mol. The molecule has 1 fully saturated rings. The van der Waals surface area contributed by atoms with Crippen LogP contribution >= 0.6 is 11.6 Å². The molecule has 1 aromatic carbocycles. The maximum atomic E-state index is 6.27. The molecule has 1 aliphatic rings. The molecule has 0 unspecified atom stereocenters. The normalized spacial score (nSPS) is 17.4. The minimum atomic E-state index is 0.320. The molecule has 0 bridgehead atoms. The van der Waals surface area contributed by atoms with E-state index >= 15 is 0 Å². The van der Waals surface area contributed by atoms with E-state index in [1.165, 1.54) is 11.1 Å². The van der Waals surface area contributed by atoms with Gasteiger partial charge in [0.15, 0.2) is 0 Å². The molecule has 0 radical (unpaired) electrons. The van der Waals surface area contributed by atoms with Gasteiger partial charge in [0.05, 0.1) is 18.2 Å². The van der Waals surface area contributed by atoms with Gasteiger partial charge in [-0.2, -0.15) is 0 Å². The first kappa shape index (κ1) is 17.2. The number of aromatic nitrogens is 1. The monoisotopic (exact) mass is 346 g/mol. The summed E-state index contributed by atoms with van der Waals surface area (Å²) in [6.07, 6.45) is 6.28. The van der Waals surface area contributed by atoms with Crippen molar-refractivity contribution in [2.24, 2.45) is 0 Å². The second kappa shape index (κ2) is 8.47. The molecule has 0 N–H and O–H groups in total. The van der Waals surface area contributed by atoms with Crippen LogP contribution in [0, 0.1) is 0 Å². The van der Waals surface area contributed by atoms with Crippen molar-refractivity contribution in [3.8, 4) is 5.75 Å². The Morgan fingerprint density at radius 1 is 1.21 bits per heavy atom. The molecule has 1 saturated heterocycles. The molecule has 0 aliphatic carbocycles. The quantitative estimate of drug-likeness (QED) is 0.761. The number of ether oxygens (including phenoxy) is 2. The lowest BCUT2D eigenvalue weighted by Gasteiger charge is -2.25. The second-order valence-electron chi connectivity index (χ2n) is 6.13. The molecule has 0 amide bonds. The summed E-state index contributed by atoms with van der Waals surface area (Å²) in [6, 6.07) is 10.1. The Kier molecular flexibility index (Phi) is 6.07. The van der Waals surface area contributed by atoms with Gasteiger partial charge in [-0.05, 0) is 48.2 Å². The summed E-state index contributed by atoms with van der Waals surface area (Å²) in [7, 11) is 1.63. The maximum Gasteiger partial charge on any atom is 0.137 e. The highest BCUT2D eigenvalue weighted by molar-refractivity contribution is 6.32. The van der Waals surface area contributed by atoms with Crippen LogP contribution in [-0.2, 0) is 17.8 Å². The molecule has 4 nitrogen and oxygen atoms in total. The predicted molar refractivity (Wildman–Crippen MR) is 95.3 cm³/mol. The van der Waals surface area contributed by atoms with Crippen molar-refractivity contribution >= 4 is 11.6 Å². The Labute approximate surface area is 148 Å². The zero-order chi connectivity index (χ0) is 16.8. The van der Waals surface area contributed by atoms with Crippen LogP contribution in [0.3, 0.4) is 0 Å². The third-order valence-electron chi connectivity index (χ3n) is 4.26. The molecule has 0 saturated carbocycles. The van der Waals surface area contributed by atoms with E-state index in [0.29, 0.717) is 16.9 Å². The summed E-state index contributed by atoms with van der Waals surface area (Å²) in [5.74, 6) is 0.709. The van der Waals surface area contributed by atoms with Gasteiger partial charge < -0.3 is 9.47 Å². The van der Waals surface area contributed by atoms with Gasteiger partial charge in [0, 0.05) is 38.6 Å². The second-order valence-corrected chi connectivity index (χ2v) is 6.54. The Balaban J connectivity index is 1.71. The van der Waals surface area contributed by atoms with Crippen molar-refractivity contribution < 1.29 is 9.47 Å². The van der Waals surface area contributed by atoms with E-state index in [1.807, 2.05) is 24.5 Å². The van der Waals surface area contributed by atoms with Crippen LogP contribution in [0.5, 0.6) is 5.75 Å². The van der Waals surface area contributed by atoms with E-state index in [4.69, 9.17) is 21.1 Å². The first-order valence-electron chi connectivity index (χ1n) is 8.30. The summed E-state index contributed by atoms with van der Waals surface area (Å²) >= 11 is 6.27. The summed E-state index contributed by atoms with van der Waals surface area (Å²) in [5.41, 5.74) is 2.43. The fourth-order valence-electron chi connectivity index (χ4n) is 3.07. The number of halogens is 1. The fraction of sp³-hybridized carbons (Fsp3) is 0.421. The largest absolute Gasteiger partial charge is 0.495 e. The van der Waals surface area contributed by atoms with E-state index in [-0.39, 0.29) is 0 Å². The summed E-state index contributed by atoms with van der Waals surface area (Å²) in [5, 5.41) is 0.649. The first-order chi connectivity index (χ1) is 11.7. The minimum Gasteiger partial charge on any atom is -0.495 e. The number of nitrogens with zero attached hydrogens (tertiary/aromatic N) is 2. The van der Waals surface area contributed by atoms with Crippen LogP contribution in [0.4, 0.5) is 0 Å². The molecule has 2 aromatic rings. The number of rotatable bonds is 7. The molecule has 2 heterocycles. The number of methoxy groups -OCH3 is 1. The van der Waals surface area contributed by atoms with E-state index in [0.717, 1.165) is 39.1 Å². The van der Waals surface area contributed by atoms with Crippen LogP contribution in [0.2, 0.25) is 5.02 Å². The van der Waals surface area contributed by atoms with Crippen LogP contribution in [0.25, 0.3) is 0 Å². The number of hydrogen-bond donors (Lipinski definition) is 0. The summed E-state index contributed by atoms with van der Waals surface area (Å²) < 4.78 is 11.1. The van der Waals surface area contributed by atoms with Crippen LogP contribution in [0.15, 0.2) is 42.7 Å². The Morgan fingerprint density at radius 2 is 2.00 bits per heavy atom. The van der Waals surface area contributed by atoms with Crippen molar-refractivity contribution in [1.29, 1.82) is 0 Å². The van der Waals surface area contributed by atoms with E-state index < -0.39 is 0 Å². The van der Waals surface area contributed by atoms with Gasteiger partial charge in [-0.1, -0.05) is 17.7 Å². The zero-order valence-corrected chi connectivity index (χ0v) is 14.7. The molecule has 24 heavy (non-hydrogen) atoms. The molecule has 3 rings (SSSR count). The number of pyridine rings is 1. The summed E-state index contributed by atoms with van der Waals surface area (Å²) in [4.78, 5) is 6.50. The smallest absolute Gasteiger partial charge is 0.137 e. The average Bonchev–Trinajstić information content (AvgIpc) is 3.09. The Hall–Kier alpha value is -1.62. The molecule has 0 spiro atoms. The lowest BCUT2D eigenvalue weighted by atomic mass is 10.1. The van der Waals surface area contributed by atoms with Crippen molar-refractivity contribution in [2.75, 3.05) is 20.3 Å². The molecule has 1 atom stereocenters. The van der Waals surface area contributed by atoms with Crippen LogP contribution in [-0.4, -0.2) is 36.2 Å². The van der Waals surface area contributed by atoms with Gasteiger partial charge in [0.25, 0.3) is 0 Å². The topological polar surface area (TPSA) is 34.6 Å². The Morgan fingerprint density at radius 3 is 2.67 bits per heavy atom. The van der Waals surface area contributed by atoms with Crippen LogP contribution < -0.4 is 4.74 Å². The SMILES string of the molecule is COc1ccc(CN(Cc2ccncc2)C[C@@H]2CCCO2)cc1Cl. The molecular weight excluding hydrogens is 324 g/mol. The lowest BCUT2D eigenvalue weighted by Crippen LogP contribution is -2.31. The minimum absolute atomic E-state index is 0.320. The lowest BCUT2D eigenvalue weighted by molar-refractivity contribution is 0.0679. The zero-order valence-electron chi connectivity index (χ0n) is 14.0. The van der Waals surface area contributed by atoms with E-state index in [9.17, 15) is 0 Å². The van der Waals surface area contributed by atoms with Gasteiger partial charge in [-0.25, -0.2) is 0 Å². The van der Waals surface area contributed by atoms with Crippen LogP contribution in [0.1, 0.15) is 24.0 Å². The molecule has 128 valence electrons. The van der Waals surface area contributed by atoms with Gasteiger partial charge in [0.2, 0.25) is 0 Å². The van der Waals surface area contributed by atoms with E-state index in [2.05, 4.69) is 28.1 Å². The third kappa shape index (κ3) is 4.69. The molecule has 1 aromatic heterocycles. The van der Waals surface area contributed by atoms with Gasteiger partial charge >= 0.3 is 0 Å². The van der Waals surface area contributed by atoms with Crippen molar-refractivity contribution in [3.63, 3.8) is 0 Å². The third-order valence-corrected chi connectivity index (χ3v) is 4.56. The fourth-order valence-corrected chi connectivity index (χ4v) is 3.35. The predicted octanol–water partition coefficient (Wildman–Crippen LogP) is 3.92. The Bertz CT molecular complexity index is 645. The standard InChI is InChI=1S/C19H23ClN2O2/c1-23-19-5-4-16(11-18(19)20)13-22(14-17-3-2-10-24-17)12-15-6-8-21-9-7-15/h4-9,11,17H,2-3,10,12-14H2,1H3/t17-/m0/s1. The molecule has 1 aliphatic heterocycles. The van der Waals surface area contributed by atoms with Crippen molar-refractivity contribution in [2.45, 2.75) is 32.0 Å². The maximum absolute atomic E-state index is 6.27. The van der Waals surface area contributed by atoms with E-state index in [1.54, 1.807) is 7.11 Å². The number of benzene rings is 1. The highest BCUT2D eigenvalue weighted by Crippen LogP contribution is 2.26. The highest BCUT2D eigenvalue weighted by Gasteiger charge is 2.20. The van der Waals surface area contributed by atoms with Crippen molar-refractivity contribution in [3.05, 3.63) is 58.9 Å². The number of hydrogen-bond acceptors (Lipinski definition) is 4. The van der Waals surface area contributed by atoms with Gasteiger partial charge in [0.1, 0.15) is 5.75 Å².